The molecule has 94 valence electrons. The molecule has 0 bridgehead atoms. The molecule has 1 nitrogen and oxygen atoms in total. The van der Waals surface area contributed by atoms with Crippen molar-refractivity contribution >= 4 is 24.3 Å². The van der Waals surface area contributed by atoms with Gasteiger partial charge in [0.05, 0.1) is 0 Å². The van der Waals surface area contributed by atoms with Crippen LogP contribution in [-0.2, 0) is 7.05 Å². The molecule has 0 fully saturated rings. The Hall–Kier alpha value is -1.76. The normalized spacial score (nSPS) is 16.9. The van der Waals surface area contributed by atoms with Crippen LogP contribution in [-0.4, -0.2) is 4.57 Å². The molecule has 0 amide bonds. The van der Waals surface area contributed by atoms with Crippen LogP contribution < -0.4 is 0 Å². The fourth-order valence-electron chi connectivity index (χ4n) is 2.38. The molecular weight excluding hydrogens is 218 g/mol. The fraction of sp³-hybridized carbons (Fsp3) is 0.294. The van der Waals surface area contributed by atoms with E-state index in [1.54, 1.807) is 0 Å². The number of hydrogen-bond donors (Lipinski definition) is 0. The summed E-state index contributed by atoms with van der Waals surface area (Å²) in [5.41, 5.74) is 5.07. The van der Waals surface area contributed by atoms with Crippen molar-refractivity contribution in [2.24, 2.45) is 12.5 Å². The Morgan fingerprint density at radius 3 is 2.50 bits per heavy atom. The van der Waals surface area contributed by atoms with Gasteiger partial charge in [-0.05, 0) is 19.1 Å². The van der Waals surface area contributed by atoms with Gasteiger partial charge >= 0.3 is 0 Å². The summed E-state index contributed by atoms with van der Waals surface area (Å²) < 4.78 is 2.21. The number of hydrogen-bond acceptors (Lipinski definition) is 0. The van der Waals surface area contributed by atoms with Crippen molar-refractivity contribution in [1.82, 2.24) is 4.57 Å². The summed E-state index contributed by atoms with van der Waals surface area (Å²) in [7, 11) is 2.10. The maximum Gasteiger partial charge on any atom is 0.0485 e. The molecule has 0 unspecified atom stereocenters. The number of fused-ring (bicyclic) bond motifs is 1. The van der Waals surface area contributed by atoms with Gasteiger partial charge in [-0.3, -0.25) is 0 Å². The fourth-order valence-corrected chi connectivity index (χ4v) is 2.38. The molecule has 18 heavy (non-hydrogen) atoms. The van der Waals surface area contributed by atoms with Crippen LogP contribution in [0.2, 0.25) is 0 Å². The molecule has 0 radical (unpaired) electrons. The minimum Gasteiger partial charge on any atom is -0.344 e. The molecule has 1 heteroatoms. The second-order valence-electron chi connectivity index (χ2n) is 5.35. The predicted molar refractivity (Wildman–Crippen MR) is 82.1 cm³/mol. The van der Waals surface area contributed by atoms with Gasteiger partial charge in [0.2, 0.25) is 0 Å². The number of allylic oxidation sites excluding steroid dienone is 3. The topological polar surface area (TPSA) is 4.93 Å². The molecule has 1 heterocycles. The Morgan fingerprint density at radius 2 is 1.89 bits per heavy atom. The maximum atomic E-state index is 3.93. The molecule has 2 rings (SSSR count). The average molecular weight is 239 g/mol. The molecule has 1 aromatic heterocycles. The molecule has 1 aromatic rings. The highest BCUT2D eigenvalue weighted by molar-refractivity contribution is 5.80. The first-order valence-electron chi connectivity index (χ1n) is 6.36. The minimum absolute atomic E-state index is 0.112. The highest BCUT2D eigenvalue weighted by atomic mass is 15.0. The second kappa shape index (κ2) is 4.49. The van der Waals surface area contributed by atoms with Gasteiger partial charge in [-0.15, -0.1) is 0 Å². The standard InChI is InChI=1S/C17H21N/c1-6-8-13-14-9-11-17(3,4)12-10-16(14)18(5)15(13)7-2/h6-12H,2H2,1,3-5H3/b8-6-. The monoisotopic (exact) mass is 239 g/mol. The summed E-state index contributed by atoms with van der Waals surface area (Å²) in [6.45, 7) is 10.4. The van der Waals surface area contributed by atoms with E-state index in [4.69, 9.17) is 0 Å². The van der Waals surface area contributed by atoms with E-state index in [0.717, 1.165) is 0 Å². The van der Waals surface area contributed by atoms with Crippen LogP contribution in [0.1, 0.15) is 43.3 Å². The van der Waals surface area contributed by atoms with Crippen LogP contribution in [0.5, 0.6) is 0 Å². The van der Waals surface area contributed by atoms with Crippen LogP contribution >= 0.6 is 0 Å². The highest BCUT2D eigenvalue weighted by Crippen LogP contribution is 2.33. The molecule has 0 N–H and O–H groups in total. The van der Waals surface area contributed by atoms with Crippen molar-refractivity contribution in [1.29, 1.82) is 0 Å². The van der Waals surface area contributed by atoms with Gasteiger partial charge in [-0.2, -0.15) is 0 Å². The van der Waals surface area contributed by atoms with Crippen LogP contribution in [0.4, 0.5) is 0 Å². The summed E-state index contributed by atoms with van der Waals surface area (Å²) in [6.07, 6.45) is 15.1. The van der Waals surface area contributed by atoms with Crippen LogP contribution in [0.3, 0.4) is 0 Å². The van der Waals surface area contributed by atoms with E-state index in [9.17, 15) is 0 Å². The van der Waals surface area contributed by atoms with E-state index >= 15 is 0 Å². The molecule has 0 saturated carbocycles. The molecule has 0 aliphatic heterocycles. The maximum absolute atomic E-state index is 3.93. The molecular formula is C17H21N. The number of aromatic nitrogens is 1. The smallest absolute Gasteiger partial charge is 0.0485 e. The lowest BCUT2D eigenvalue weighted by Gasteiger charge is -2.12. The quantitative estimate of drug-likeness (QED) is 0.700. The van der Waals surface area contributed by atoms with Gasteiger partial charge in [0, 0.05) is 35.0 Å². The summed E-state index contributed by atoms with van der Waals surface area (Å²) >= 11 is 0. The van der Waals surface area contributed by atoms with Gasteiger partial charge in [0.1, 0.15) is 0 Å². The van der Waals surface area contributed by atoms with Crippen molar-refractivity contribution in [2.75, 3.05) is 0 Å². The average Bonchev–Trinajstić information content (AvgIpc) is 2.45. The molecule has 1 aliphatic carbocycles. The third-order valence-electron chi connectivity index (χ3n) is 3.44. The van der Waals surface area contributed by atoms with Crippen LogP contribution in [0, 0.1) is 5.41 Å². The van der Waals surface area contributed by atoms with Crippen molar-refractivity contribution in [3.05, 3.63) is 47.3 Å². The van der Waals surface area contributed by atoms with Gasteiger partial charge in [0.25, 0.3) is 0 Å². The zero-order valence-corrected chi connectivity index (χ0v) is 11.7. The first-order chi connectivity index (χ1) is 8.50. The molecule has 1 aliphatic rings. The predicted octanol–water partition coefficient (Wildman–Crippen LogP) is 4.77. The molecule has 0 aromatic carbocycles. The Balaban J connectivity index is 2.73. The van der Waals surface area contributed by atoms with Crippen LogP contribution in [0.25, 0.3) is 24.3 Å². The van der Waals surface area contributed by atoms with E-state index in [1.807, 2.05) is 13.0 Å². The van der Waals surface area contributed by atoms with Gasteiger partial charge in [0.15, 0.2) is 0 Å². The lowest BCUT2D eigenvalue weighted by Crippen LogP contribution is -2.01. The van der Waals surface area contributed by atoms with E-state index in [-0.39, 0.29) is 5.41 Å². The van der Waals surface area contributed by atoms with E-state index in [0.29, 0.717) is 0 Å². The first kappa shape index (κ1) is 12.7. The summed E-state index contributed by atoms with van der Waals surface area (Å²) in [5, 5.41) is 0. The lowest BCUT2D eigenvalue weighted by molar-refractivity contribution is 0.633. The van der Waals surface area contributed by atoms with Crippen molar-refractivity contribution in [3.8, 4) is 0 Å². The first-order valence-corrected chi connectivity index (χ1v) is 6.36. The minimum atomic E-state index is 0.112. The molecule has 0 saturated heterocycles. The molecule has 0 atom stereocenters. The second-order valence-corrected chi connectivity index (χ2v) is 5.35. The summed E-state index contributed by atoms with van der Waals surface area (Å²) in [5.74, 6) is 0. The number of rotatable bonds is 2. The Labute approximate surface area is 110 Å². The zero-order valence-electron chi connectivity index (χ0n) is 11.7. The van der Waals surface area contributed by atoms with E-state index < -0.39 is 0 Å². The van der Waals surface area contributed by atoms with Gasteiger partial charge in [-0.25, -0.2) is 0 Å². The Morgan fingerprint density at radius 1 is 1.22 bits per heavy atom. The van der Waals surface area contributed by atoms with Crippen molar-refractivity contribution in [3.63, 3.8) is 0 Å². The van der Waals surface area contributed by atoms with E-state index in [1.165, 1.54) is 22.5 Å². The largest absolute Gasteiger partial charge is 0.344 e. The summed E-state index contributed by atoms with van der Waals surface area (Å²) in [6, 6.07) is 0. The van der Waals surface area contributed by atoms with Gasteiger partial charge < -0.3 is 4.57 Å². The molecule has 0 spiro atoms. The zero-order chi connectivity index (χ0) is 13.3. The SMILES string of the molecule is C=Cc1c(/C=C\C)c2c(n1C)C=CC(C)(C)C=C2. The van der Waals surface area contributed by atoms with E-state index in [2.05, 4.69) is 68.5 Å². The Kier molecular flexibility index (Phi) is 3.16. The van der Waals surface area contributed by atoms with Crippen molar-refractivity contribution < 1.29 is 0 Å². The van der Waals surface area contributed by atoms with Crippen molar-refractivity contribution in [2.45, 2.75) is 20.8 Å². The third kappa shape index (κ3) is 2.01. The highest BCUT2D eigenvalue weighted by Gasteiger charge is 2.19. The summed E-state index contributed by atoms with van der Waals surface area (Å²) in [4.78, 5) is 0. The Bertz CT molecular complexity index is 563. The lowest BCUT2D eigenvalue weighted by atomic mass is 9.93. The third-order valence-corrected chi connectivity index (χ3v) is 3.44. The number of nitrogens with zero attached hydrogens (tertiary/aromatic N) is 1. The van der Waals surface area contributed by atoms with Gasteiger partial charge in [-0.1, -0.05) is 50.8 Å². The van der Waals surface area contributed by atoms with Crippen LogP contribution in [0.15, 0.2) is 24.8 Å².